The summed E-state index contributed by atoms with van der Waals surface area (Å²) >= 11 is 0. The van der Waals surface area contributed by atoms with Crippen LogP contribution in [-0.4, -0.2) is 36.0 Å². The summed E-state index contributed by atoms with van der Waals surface area (Å²) in [7, 11) is 0. The molecule has 0 atom stereocenters. The maximum absolute atomic E-state index is 8.33. The summed E-state index contributed by atoms with van der Waals surface area (Å²) in [6.07, 6.45) is 27.5. The van der Waals surface area contributed by atoms with E-state index in [1.807, 2.05) is 0 Å². The Kier molecular flexibility index (Phi) is 53.5. The van der Waals surface area contributed by atoms with Crippen LogP contribution in [0.5, 0.6) is 0 Å². The van der Waals surface area contributed by atoms with Crippen LogP contribution in [0, 0.1) is 0 Å². The summed E-state index contributed by atoms with van der Waals surface area (Å²) in [4.78, 5) is 24.7. The lowest BCUT2D eigenvalue weighted by atomic mass is 10.1. The monoisotopic (exact) mass is 580 g/mol. The number of unbranched alkanes of at least 4 members (excludes halogenated alkanes) is 22. The minimum atomic E-state index is -2.33. The van der Waals surface area contributed by atoms with E-state index in [1.165, 1.54) is 141 Å². The highest BCUT2D eigenvalue weighted by Gasteiger charge is 1.94. The summed E-state index contributed by atoms with van der Waals surface area (Å²) in [5.41, 5.74) is 0. The largest absolute Gasteiger partial charge is 0.652 e. The van der Waals surface area contributed by atoms with E-state index in [-0.39, 0.29) is 0 Å². The molecule has 0 radical (unpaired) electrons. The fourth-order valence-corrected chi connectivity index (χ4v) is 4.02. The van der Waals surface area contributed by atoms with Gasteiger partial charge in [0.1, 0.15) is 0 Å². The molecule has 0 saturated carbocycles. The molecule has 0 heterocycles. The molecule has 0 aliphatic heterocycles. The third-order valence-electron chi connectivity index (χ3n) is 6.18. The Labute approximate surface area is 244 Å². The van der Waals surface area contributed by atoms with Crippen molar-refractivity contribution < 1.29 is 50.3 Å². The zero-order chi connectivity index (χ0) is 31.0. The topological polar surface area (TPSA) is 185 Å². The number of hydrogen-bond acceptors (Lipinski definition) is 10. The molecule has 10 heteroatoms. The molecule has 0 fully saturated rings. The van der Waals surface area contributed by atoms with Crippen LogP contribution in [-0.2, 0) is 9.78 Å². The minimum absolute atomic E-state index is 0.497. The predicted octanol–water partition coefficient (Wildman–Crippen LogP) is 5.46. The number of rotatable bonds is 26. The molecule has 0 bridgehead atoms. The van der Waals surface area contributed by atoms with Gasteiger partial charge < -0.3 is 30.0 Å². The zero-order valence-electron chi connectivity index (χ0n) is 25.5. The second-order valence-electron chi connectivity index (χ2n) is 9.94. The van der Waals surface area contributed by atoms with Crippen LogP contribution in [0.1, 0.15) is 168 Å². The van der Waals surface area contributed by atoms with Gasteiger partial charge >= 0.3 is 0 Å². The van der Waals surface area contributed by atoms with Gasteiger partial charge in [-0.05, 0) is 25.2 Å². The van der Waals surface area contributed by atoms with Crippen molar-refractivity contribution in [2.24, 2.45) is 0 Å². The lowest BCUT2D eigenvalue weighted by molar-refractivity contribution is -0.417. The van der Waals surface area contributed by atoms with Crippen LogP contribution in [0.15, 0.2) is 0 Å². The predicted molar refractivity (Wildman–Crippen MR) is 150 cm³/mol. The Morgan fingerprint density at radius 3 is 0.700 bits per heavy atom. The molecule has 10 nitrogen and oxygen atoms in total. The van der Waals surface area contributed by atoms with Gasteiger partial charge in [0.15, 0.2) is 0 Å². The Hall–Kier alpha value is -1.62. The van der Waals surface area contributed by atoms with Gasteiger partial charge in [-0.1, -0.05) is 155 Å². The maximum atomic E-state index is 8.33. The van der Waals surface area contributed by atoms with Crippen LogP contribution in [0.4, 0.5) is 9.59 Å². The number of carboxylic acid groups (broad SMARTS) is 4. The standard InChI is InChI=1S/2C14H30O2.2CH2O3/c2*1-2-3-4-5-6-7-8-9-10-11-12-13-14-16-15;2*2-1(3)4/h2*15H,2-14H2,1H3;2*(H2,2,3,4)/p-4. The second-order valence-corrected chi connectivity index (χ2v) is 9.94. The van der Waals surface area contributed by atoms with Crippen molar-refractivity contribution in [1.82, 2.24) is 0 Å². The lowest BCUT2D eigenvalue weighted by Crippen LogP contribution is -2.37. The minimum Gasteiger partial charge on any atom is -0.652 e. The Bertz CT molecular complexity index is 374. The quantitative estimate of drug-likeness (QED) is 0.0755. The van der Waals surface area contributed by atoms with Gasteiger partial charge in [0.25, 0.3) is 0 Å². The molecule has 0 saturated heterocycles. The molecule has 244 valence electrons. The Morgan fingerprint density at radius 2 is 0.550 bits per heavy atom. The summed E-state index contributed by atoms with van der Waals surface area (Å²) in [6.45, 7) is 5.53. The van der Waals surface area contributed by atoms with E-state index in [9.17, 15) is 0 Å². The molecule has 0 aromatic carbocycles. The molecule has 0 aromatic heterocycles. The van der Waals surface area contributed by atoms with E-state index < -0.39 is 12.3 Å². The van der Waals surface area contributed by atoms with E-state index >= 15 is 0 Å². The summed E-state index contributed by atoms with van der Waals surface area (Å²) in [5, 5.41) is 49.6. The first kappa shape index (κ1) is 45.4. The van der Waals surface area contributed by atoms with Gasteiger partial charge in [-0.2, -0.15) is 0 Å². The normalized spacial score (nSPS) is 9.90. The molecular weight excluding hydrogens is 520 g/mol. The van der Waals surface area contributed by atoms with Crippen LogP contribution >= 0.6 is 0 Å². The van der Waals surface area contributed by atoms with Gasteiger partial charge in [-0.3, -0.25) is 10.5 Å². The van der Waals surface area contributed by atoms with Gasteiger partial charge in [0.05, 0.1) is 13.2 Å². The Morgan fingerprint density at radius 1 is 0.400 bits per heavy atom. The van der Waals surface area contributed by atoms with Crippen molar-refractivity contribution in [2.45, 2.75) is 168 Å². The van der Waals surface area contributed by atoms with Crippen molar-refractivity contribution in [3.8, 4) is 0 Å². The van der Waals surface area contributed by atoms with Gasteiger partial charge in [0.2, 0.25) is 0 Å². The van der Waals surface area contributed by atoms with Crippen molar-refractivity contribution in [2.75, 3.05) is 13.2 Å². The molecule has 2 N–H and O–H groups in total. The second kappa shape index (κ2) is 47.2. The van der Waals surface area contributed by atoms with Gasteiger partial charge in [0, 0.05) is 0 Å². The molecule has 0 amide bonds. The van der Waals surface area contributed by atoms with E-state index in [0.717, 1.165) is 12.8 Å². The average Bonchev–Trinajstić information content (AvgIpc) is 2.90. The molecule has 0 spiro atoms. The summed E-state index contributed by atoms with van der Waals surface area (Å²) in [5.74, 6) is 0. The molecule has 40 heavy (non-hydrogen) atoms. The average molecular weight is 581 g/mol. The van der Waals surface area contributed by atoms with E-state index in [1.54, 1.807) is 0 Å². The smallest absolute Gasteiger partial charge is 0.0819 e. The number of carbonyl (C=O) groups is 2. The van der Waals surface area contributed by atoms with Crippen molar-refractivity contribution in [3.05, 3.63) is 0 Å². The fraction of sp³-hybridized carbons (Fsp3) is 0.933. The third kappa shape index (κ3) is 76.6. The first-order valence-corrected chi connectivity index (χ1v) is 15.6. The van der Waals surface area contributed by atoms with Crippen molar-refractivity contribution in [3.63, 3.8) is 0 Å². The lowest BCUT2D eigenvalue weighted by Gasteiger charge is -2.02. The molecule has 0 unspecified atom stereocenters. The number of carbonyl (C=O) groups excluding carboxylic acids is 2. The van der Waals surface area contributed by atoms with E-state index in [0.29, 0.717) is 13.2 Å². The van der Waals surface area contributed by atoms with Crippen LogP contribution < -0.4 is 20.4 Å². The van der Waals surface area contributed by atoms with Crippen molar-refractivity contribution >= 4 is 12.3 Å². The van der Waals surface area contributed by atoms with Gasteiger partial charge in [-0.25, -0.2) is 9.78 Å². The van der Waals surface area contributed by atoms with Crippen molar-refractivity contribution in [1.29, 1.82) is 0 Å². The summed E-state index contributed by atoms with van der Waals surface area (Å²) in [6, 6.07) is 0. The first-order valence-electron chi connectivity index (χ1n) is 15.6. The molecule has 0 aliphatic rings. The summed E-state index contributed by atoms with van der Waals surface area (Å²) < 4.78 is 0. The molecule has 0 aromatic rings. The molecule has 0 aliphatic carbocycles. The highest BCUT2D eigenvalue weighted by atomic mass is 17.1. The van der Waals surface area contributed by atoms with Crippen LogP contribution in [0.3, 0.4) is 0 Å². The SMILES string of the molecule is CCCCCCCCCCCCCCOO.CCCCCCCCCCCCCCOO.O=C([O-])[O-].O=C([O-])[O-]. The third-order valence-corrected chi connectivity index (χ3v) is 6.18. The maximum Gasteiger partial charge on any atom is 0.0819 e. The first-order chi connectivity index (χ1) is 19.3. The number of hydrogen-bond donors (Lipinski definition) is 2. The zero-order valence-corrected chi connectivity index (χ0v) is 25.5. The van der Waals surface area contributed by atoms with E-state index in [4.69, 9.17) is 40.5 Å². The highest BCUT2D eigenvalue weighted by Crippen LogP contribution is 2.13. The molecular formula is C30H60O10-4. The van der Waals surface area contributed by atoms with Gasteiger partial charge in [-0.15, -0.1) is 0 Å². The molecule has 0 rings (SSSR count). The van der Waals surface area contributed by atoms with Crippen LogP contribution in [0.2, 0.25) is 0 Å². The van der Waals surface area contributed by atoms with E-state index in [2.05, 4.69) is 23.6 Å². The van der Waals surface area contributed by atoms with Crippen LogP contribution in [0.25, 0.3) is 0 Å². The fourth-order valence-electron chi connectivity index (χ4n) is 4.02. The Balaban J connectivity index is -0.000000255. The highest BCUT2D eigenvalue weighted by molar-refractivity contribution is 5.47.